The Morgan fingerprint density at radius 3 is 1.86 bits per heavy atom. The second kappa shape index (κ2) is 10.7. The molecular formula is C42H25N5O2. The summed E-state index contributed by atoms with van der Waals surface area (Å²) >= 11 is 0. The molecule has 1 aliphatic rings. The van der Waals surface area contributed by atoms with Crippen molar-refractivity contribution >= 4 is 27.8 Å². The third-order valence-electron chi connectivity index (χ3n) is 9.38. The molecule has 6 aromatic carbocycles. The predicted octanol–water partition coefficient (Wildman–Crippen LogP) is 8.94. The van der Waals surface area contributed by atoms with Gasteiger partial charge in [0.25, 0.3) is 5.56 Å². The molecule has 1 unspecified atom stereocenters. The molecule has 0 spiro atoms. The van der Waals surface area contributed by atoms with Gasteiger partial charge in [-0.05, 0) is 52.1 Å². The lowest BCUT2D eigenvalue weighted by molar-refractivity contribution is 0.616. The van der Waals surface area contributed by atoms with Gasteiger partial charge in [-0.1, -0.05) is 121 Å². The molecule has 9 aromatic rings. The van der Waals surface area contributed by atoms with Crippen molar-refractivity contribution < 1.29 is 4.42 Å². The Kier molecular flexibility index (Phi) is 5.95. The van der Waals surface area contributed by atoms with Gasteiger partial charge in [0.1, 0.15) is 16.9 Å². The fourth-order valence-corrected chi connectivity index (χ4v) is 7.11. The quantitative estimate of drug-likeness (QED) is 0.193. The van der Waals surface area contributed by atoms with E-state index in [2.05, 4.69) is 36.4 Å². The van der Waals surface area contributed by atoms with E-state index >= 15 is 0 Å². The van der Waals surface area contributed by atoms with Gasteiger partial charge in [-0.3, -0.25) is 4.79 Å². The van der Waals surface area contributed by atoms with Crippen LogP contribution in [-0.2, 0) is 0 Å². The summed E-state index contributed by atoms with van der Waals surface area (Å²) in [5.74, 6) is 1.81. The Labute approximate surface area is 279 Å². The molecule has 0 N–H and O–H groups in total. The zero-order valence-corrected chi connectivity index (χ0v) is 26.0. The number of imidazole rings is 1. The monoisotopic (exact) mass is 631 g/mol. The van der Waals surface area contributed by atoms with E-state index < -0.39 is 0 Å². The summed E-state index contributed by atoms with van der Waals surface area (Å²) in [5, 5.41) is 0.506. The smallest absolute Gasteiger partial charge is 0.310 e. The summed E-state index contributed by atoms with van der Waals surface area (Å²) in [6, 6.07) is 48.2. The van der Waals surface area contributed by atoms with Gasteiger partial charge in [-0.15, -0.1) is 0 Å². The van der Waals surface area contributed by atoms with E-state index in [-0.39, 0.29) is 17.3 Å². The molecule has 0 saturated carbocycles. The molecule has 0 saturated heterocycles. The molecule has 3 aromatic heterocycles. The Hall–Kier alpha value is -6.73. The van der Waals surface area contributed by atoms with E-state index in [0.29, 0.717) is 39.5 Å². The maximum absolute atomic E-state index is 13.8. The van der Waals surface area contributed by atoms with E-state index in [4.69, 9.17) is 24.4 Å². The van der Waals surface area contributed by atoms with Crippen molar-refractivity contribution in [3.63, 3.8) is 0 Å². The van der Waals surface area contributed by atoms with Crippen molar-refractivity contribution in [2.75, 3.05) is 0 Å². The average Bonchev–Trinajstić information content (AvgIpc) is 3.71. The second-order valence-corrected chi connectivity index (χ2v) is 12.2. The molecular weight excluding hydrogens is 606 g/mol. The van der Waals surface area contributed by atoms with Crippen LogP contribution in [0.15, 0.2) is 155 Å². The number of hydrogen-bond acceptors (Lipinski definition) is 6. The third kappa shape index (κ3) is 4.26. The second-order valence-electron chi connectivity index (χ2n) is 12.2. The standard InChI is InChI=1S/C42H25N5O2/c48-41-30-18-10-11-19-34(30)49-42-43-37-33(47(41)42)23-22-31-35(37)32-24-28(25-12-4-1-5-13-25)20-21-29(32)36(31)40-45-38(26-14-6-2-7-15-26)44-39(46-40)27-16-8-3-9-17-27/h1-24,36H. The average molecular weight is 632 g/mol. The molecule has 230 valence electrons. The van der Waals surface area contributed by atoms with Crippen LogP contribution in [0.25, 0.3) is 72.9 Å². The minimum Gasteiger partial charge on any atom is -0.424 e. The number of fused-ring (bicyclic) bond motifs is 8. The highest BCUT2D eigenvalue weighted by molar-refractivity contribution is 6.01. The molecule has 3 heterocycles. The molecule has 0 aliphatic heterocycles. The summed E-state index contributed by atoms with van der Waals surface area (Å²) in [5.41, 5.74) is 9.78. The number of nitrogens with zero attached hydrogens (tertiary/aromatic N) is 5. The fraction of sp³-hybridized carbons (Fsp3) is 0.0238. The van der Waals surface area contributed by atoms with Crippen LogP contribution < -0.4 is 5.56 Å². The normalized spacial score (nSPS) is 13.6. The molecule has 49 heavy (non-hydrogen) atoms. The number of hydrogen-bond donors (Lipinski definition) is 0. The maximum Gasteiger partial charge on any atom is 0.310 e. The number of rotatable bonds is 4. The molecule has 1 aliphatic carbocycles. The number of para-hydroxylation sites is 1. The van der Waals surface area contributed by atoms with E-state index in [1.807, 2.05) is 97.1 Å². The summed E-state index contributed by atoms with van der Waals surface area (Å²) in [6.07, 6.45) is 0. The highest BCUT2D eigenvalue weighted by Crippen LogP contribution is 2.51. The Bertz CT molecular complexity index is 2730. The van der Waals surface area contributed by atoms with Gasteiger partial charge in [-0.2, -0.15) is 4.98 Å². The summed E-state index contributed by atoms with van der Waals surface area (Å²) in [4.78, 5) is 34.1. The van der Waals surface area contributed by atoms with Crippen LogP contribution in [0, 0.1) is 0 Å². The molecule has 7 nitrogen and oxygen atoms in total. The molecule has 0 radical (unpaired) electrons. The molecule has 0 bridgehead atoms. The van der Waals surface area contributed by atoms with Crippen molar-refractivity contribution in [2.45, 2.75) is 5.92 Å². The molecule has 1 atom stereocenters. The largest absolute Gasteiger partial charge is 0.424 e. The van der Waals surface area contributed by atoms with Crippen molar-refractivity contribution in [2.24, 2.45) is 0 Å². The minimum absolute atomic E-state index is 0.162. The SMILES string of the molecule is O=c1c2ccccc2oc2nc3c4c(ccc3n12)C(c1nc(-c2ccccc2)nc(-c2ccccc2)n1)c1ccc(-c2ccccc2)cc1-4. The first-order valence-corrected chi connectivity index (χ1v) is 16.1. The van der Waals surface area contributed by atoms with Crippen LogP contribution in [-0.4, -0.2) is 24.3 Å². The van der Waals surface area contributed by atoms with Gasteiger partial charge >= 0.3 is 5.84 Å². The Balaban J connectivity index is 1.27. The van der Waals surface area contributed by atoms with Crippen molar-refractivity contribution in [3.8, 4) is 45.0 Å². The first-order chi connectivity index (χ1) is 24.2. The van der Waals surface area contributed by atoms with Crippen LogP contribution >= 0.6 is 0 Å². The van der Waals surface area contributed by atoms with Gasteiger partial charge in [0, 0.05) is 16.7 Å². The molecule has 10 rings (SSSR count). The number of benzene rings is 6. The topological polar surface area (TPSA) is 86.2 Å². The lowest BCUT2D eigenvalue weighted by Crippen LogP contribution is -2.12. The van der Waals surface area contributed by atoms with Crippen LogP contribution in [0.2, 0.25) is 0 Å². The zero-order valence-electron chi connectivity index (χ0n) is 26.0. The minimum atomic E-state index is -0.306. The van der Waals surface area contributed by atoms with Gasteiger partial charge in [0.15, 0.2) is 11.6 Å². The molecule has 0 amide bonds. The maximum atomic E-state index is 13.8. The van der Waals surface area contributed by atoms with E-state index in [1.54, 1.807) is 16.5 Å². The van der Waals surface area contributed by atoms with E-state index in [1.165, 1.54) is 0 Å². The van der Waals surface area contributed by atoms with Crippen molar-refractivity contribution in [3.05, 3.63) is 173 Å². The fourth-order valence-electron chi connectivity index (χ4n) is 7.11. The molecule has 7 heteroatoms. The van der Waals surface area contributed by atoms with Crippen LogP contribution in [0.3, 0.4) is 0 Å². The first kappa shape index (κ1) is 27.4. The zero-order chi connectivity index (χ0) is 32.5. The lowest BCUT2D eigenvalue weighted by atomic mass is 9.94. The van der Waals surface area contributed by atoms with Gasteiger partial charge < -0.3 is 4.42 Å². The van der Waals surface area contributed by atoms with Crippen molar-refractivity contribution in [1.29, 1.82) is 0 Å². The van der Waals surface area contributed by atoms with Crippen LogP contribution in [0.5, 0.6) is 0 Å². The van der Waals surface area contributed by atoms with Crippen LogP contribution in [0.4, 0.5) is 0 Å². The van der Waals surface area contributed by atoms with Gasteiger partial charge in [-0.25, -0.2) is 19.4 Å². The van der Waals surface area contributed by atoms with Gasteiger partial charge in [0.05, 0.1) is 16.8 Å². The molecule has 0 fully saturated rings. The van der Waals surface area contributed by atoms with E-state index in [9.17, 15) is 4.79 Å². The van der Waals surface area contributed by atoms with E-state index in [0.717, 1.165) is 44.5 Å². The predicted molar refractivity (Wildman–Crippen MR) is 191 cm³/mol. The first-order valence-electron chi connectivity index (χ1n) is 16.1. The van der Waals surface area contributed by atoms with Crippen molar-refractivity contribution in [1.82, 2.24) is 24.3 Å². The third-order valence-corrected chi connectivity index (χ3v) is 9.38. The highest BCUT2D eigenvalue weighted by atomic mass is 16.4. The summed E-state index contributed by atoms with van der Waals surface area (Å²) in [6.45, 7) is 0. The van der Waals surface area contributed by atoms with Gasteiger partial charge in [0.2, 0.25) is 0 Å². The lowest BCUT2D eigenvalue weighted by Gasteiger charge is -2.15. The highest BCUT2D eigenvalue weighted by Gasteiger charge is 2.36. The Morgan fingerprint density at radius 1 is 0.551 bits per heavy atom. The summed E-state index contributed by atoms with van der Waals surface area (Å²) < 4.78 is 7.79. The Morgan fingerprint density at radius 2 is 1.16 bits per heavy atom. The number of aromatic nitrogens is 5. The summed E-state index contributed by atoms with van der Waals surface area (Å²) in [7, 11) is 0. The van der Waals surface area contributed by atoms with Crippen LogP contribution in [0.1, 0.15) is 22.9 Å².